The number of amides is 1. The van der Waals surface area contributed by atoms with E-state index in [0.29, 0.717) is 23.8 Å². The van der Waals surface area contributed by atoms with Crippen LogP contribution >= 0.6 is 0 Å². The van der Waals surface area contributed by atoms with E-state index < -0.39 is 0 Å². The van der Waals surface area contributed by atoms with E-state index in [1.54, 1.807) is 6.08 Å². The van der Waals surface area contributed by atoms with Gasteiger partial charge in [0.05, 0.1) is 5.70 Å². The molecule has 0 bridgehead atoms. The summed E-state index contributed by atoms with van der Waals surface area (Å²) in [4.78, 5) is 18.6. The van der Waals surface area contributed by atoms with Crippen molar-refractivity contribution in [1.29, 1.82) is 0 Å². The SMILES string of the molecule is C=C/C(=C/N(C)N1CCN(C(=O)C2CC2)[C@H](C2CC2)C1)N=C. The number of aliphatic imine (C=N–C) groups is 1. The van der Waals surface area contributed by atoms with E-state index in [1.807, 2.05) is 13.2 Å². The summed E-state index contributed by atoms with van der Waals surface area (Å²) < 4.78 is 0. The number of hydrogen-bond donors (Lipinski definition) is 0. The van der Waals surface area contributed by atoms with Gasteiger partial charge in [0.15, 0.2) is 0 Å². The first kappa shape index (κ1) is 15.3. The molecule has 1 atom stereocenters. The third kappa shape index (κ3) is 3.24. The number of rotatable bonds is 6. The Morgan fingerprint density at radius 1 is 1.27 bits per heavy atom. The molecule has 0 aromatic rings. The number of carbonyl (C=O) groups is 1. The second kappa shape index (κ2) is 6.24. The monoisotopic (exact) mass is 302 g/mol. The van der Waals surface area contributed by atoms with Crippen molar-refractivity contribution in [3.8, 4) is 0 Å². The molecule has 3 rings (SSSR count). The molecule has 1 aliphatic heterocycles. The number of hydrogen-bond acceptors (Lipinski definition) is 4. The van der Waals surface area contributed by atoms with Gasteiger partial charge < -0.3 is 9.91 Å². The van der Waals surface area contributed by atoms with Crippen molar-refractivity contribution in [1.82, 2.24) is 14.9 Å². The molecule has 5 nitrogen and oxygen atoms in total. The smallest absolute Gasteiger partial charge is 0.226 e. The van der Waals surface area contributed by atoms with Gasteiger partial charge >= 0.3 is 0 Å². The lowest BCUT2D eigenvalue weighted by molar-refractivity contribution is -0.141. The van der Waals surface area contributed by atoms with Gasteiger partial charge in [-0.1, -0.05) is 6.58 Å². The molecule has 1 saturated heterocycles. The van der Waals surface area contributed by atoms with Gasteiger partial charge in [-0.05, 0) is 44.4 Å². The quantitative estimate of drug-likeness (QED) is 0.556. The number of allylic oxidation sites excluding steroid dienone is 1. The lowest BCUT2D eigenvalue weighted by Crippen LogP contribution is -2.59. The Morgan fingerprint density at radius 2 is 2.00 bits per heavy atom. The minimum Gasteiger partial charge on any atom is -0.336 e. The summed E-state index contributed by atoms with van der Waals surface area (Å²) in [5, 5.41) is 4.37. The topological polar surface area (TPSA) is 39.1 Å². The van der Waals surface area contributed by atoms with Gasteiger partial charge in [0, 0.05) is 44.8 Å². The van der Waals surface area contributed by atoms with Gasteiger partial charge in [0.2, 0.25) is 5.91 Å². The molecule has 2 aliphatic carbocycles. The van der Waals surface area contributed by atoms with Crippen molar-refractivity contribution in [2.75, 3.05) is 26.7 Å². The average Bonchev–Trinajstić information content (AvgIpc) is 3.42. The van der Waals surface area contributed by atoms with Gasteiger partial charge in [-0.2, -0.15) is 0 Å². The normalized spacial score (nSPS) is 26.7. The third-order valence-electron chi connectivity index (χ3n) is 4.93. The Labute approximate surface area is 132 Å². The van der Waals surface area contributed by atoms with E-state index in [-0.39, 0.29) is 0 Å². The summed E-state index contributed by atoms with van der Waals surface area (Å²) in [6.45, 7) is 9.92. The fourth-order valence-electron chi connectivity index (χ4n) is 3.24. The molecule has 120 valence electrons. The van der Waals surface area contributed by atoms with Gasteiger partial charge in [-0.3, -0.25) is 9.79 Å². The van der Waals surface area contributed by atoms with Crippen LogP contribution in [0.1, 0.15) is 25.7 Å². The van der Waals surface area contributed by atoms with Gasteiger partial charge in [0.25, 0.3) is 0 Å². The Bertz CT molecular complexity index is 483. The molecule has 1 heterocycles. The molecule has 0 unspecified atom stereocenters. The van der Waals surface area contributed by atoms with E-state index in [1.165, 1.54) is 12.8 Å². The largest absolute Gasteiger partial charge is 0.336 e. The molecule has 3 aliphatic rings. The second-order valence-corrected chi connectivity index (χ2v) is 6.61. The molecule has 5 heteroatoms. The Hall–Kier alpha value is -1.62. The van der Waals surface area contributed by atoms with Crippen molar-refractivity contribution in [3.05, 3.63) is 24.6 Å². The molecule has 0 N–H and O–H groups in total. The van der Waals surface area contributed by atoms with Crippen LogP contribution in [0.3, 0.4) is 0 Å². The first-order chi connectivity index (χ1) is 10.6. The van der Waals surface area contributed by atoms with Crippen molar-refractivity contribution in [2.45, 2.75) is 31.7 Å². The molecular formula is C17H26N4O. The highest BCUT2D eigenvalue weighted by atomic mass is 16.2. The molecule has 0 aromatic carbocycles. The second-order valence-electron chi connectivity index (χ2n) is 6.61. The molecule has 3 fully saturated rings. The standard InChI is InChI=1S/C17H26N4O/c1-4-15(18-2)11-19(3)20-9-10-21(17(22)14-7-8-14)16(12-20)13-5-6-13/h4,11,13-14,16H,1-2,5-10,12H2,3H3/b15-11-/t16-/m0/s1. The Kier molecular flexibility index (Phi) is 4.34. The van der Waals surface area contributed by atoms with E-state index in [4.69, 9.17) is 0 Å². The highest BCUT2D eigenvalue weighted by Crippen LogP contribution is 2.40. The van der Waals surface area contributed by atoms with E-state index in [9.17, 15) is 4.79 Å². The summed E-state index contributed by atoms with van der Waals surface area (Å²) >= 11 is 0. The summed E-state index contributed by atoms with van der Waals surface area (Å²) in [6, 6.07) is 0.376. The zero-order valence-corrected chi connectivity index (χ0v) is 13.4. The van der Waals surface area contributed by atoms with Crippen LogP contribution < -0.4 is 0 Å². The summed E-state index contributed by atoms with van der Waals surface area (Å²) in [5.74, 6) is 1.41. The third-order valence-corrected chi connectivity index (χ3v) is 4.93. The molecule has 0 radical (unpaired) electrons. The van der Waals surface area contributed by atoms with Crippen molar-refractivity contribution >= 4 is 12.6 Å². The van der Waals surface area contributed by atoms with Crippen LogP contribution in [-0.2, 0) is 4.79 Å². The molecule has 1 amide bonds. The minimum atomic E-state index is 0.322. The Balaban J connectivity index is 1.67. The van der Waals surface area contributed by atoms with Crippen molar-refractivity contribution < 1.29 is 4.79 Å². The van der Waals surface area contributed by atoms with Crippen LogP contribution in [0.2, 0.25) is 0 Å². The lowest BCUT2D eigenvalue weighted by Gasteiger charge is -2.44. The highest BCUT2D eigenvalue weighted by Gasteiger charge is 2.44. The fraction of sp³-hybridized carbons (Fsp3) is 0.647. The maximum absolute atomic E-state index is 12.5. The van der Waals surface area contributed by atoms with Gasteiger partial charge in [-0.15, -0.1) is 0 Å². The van der Waals surface area contributed by atoms with Crippen molar-refractivity contribution in [3.63, 3.8) is 0 Å². The maximum atomic E-state index is 12.5. The van der Waals surface area contributed by atoms with Crippen LogP contribution in [0.4, 0.5) is 0 Å². The van der Waals surface area contributed by atoms with Gasteiger partial charge in [-0.25, -0.2) is 5.01 Å². The number of hydrazine groups is 1. The Morgan fingerprint density at radius 3 is 2.55 bits per heavy atom. The minimum absolute atomic E-state index is 0.322. The first-order valence-corrected chi connectivity index (χ1v) is 8.23. The summed E-state index contributed by atoms with van der Waals surface area (Å²) in [6.07, 6.45) is 8.36. The fourth-order valence-corrected chi connectivity index (χ4v) is 3.24. The maximum Gasteiger partial charge on any atom is 0.226 e. The van der Waals surface area contributed by atoms with E-state index >= 15 is 0 Å². The van der Waals surface area contributed by atoms with Crippen LogP contribution in [-0.4, -0.2) is 60.3 Å². The predicted octanol–water partition coefficient (Wildman–Crippen LogP) is 1.89. The molecule has 2 saturated carbocycles. The summed E-state index contributed by atoms with van der Waals surface area (Å²) in [5.41, 5.74) is 0.766. The van der Waals surface area contributed by atoms with Gasteiger partial charge in [0.1, 0.15) is 0 Å². The summed E-state index contributed by atoms with van der Waals surface area (Å²) in [7, 11) is 2.02. The molecule has 0 aromatic heterocycles. The number of nitrogens with zero attached hydrogens (tertiary/aromatic N) is 4. The van der Waals surface area contributed by atoms with Crippen LogP contribution in [0.5, 0.6) is 0 Å². The van der Waals surface area contributed by atoms with Crippen LogP contribution in [0.25, 0.3) is 0 Å². The van der Waals surface area contributed by atoms with E-state index in [2.05, 4.69) is 33.2 Å². The molecule has 22 heavy (non-hydrogen) atoms. The number of piperazine rings is 1. The molecular weight excluding hydrogens is 276 g/mol. The number of carbonyl (C=O) groups excluding carboxylic acids is 1. The highest BCUT2D eigenvalue weighted by molar-refractivity contribution is 5.81. The first-order valence-electron chi connectivity index (χ1n) is 8.23. The lowest BCUT2D eigenvalue weighted by atomic mass is 10.1. The molecule has 0 spiro atoms. The zero-order valence-electron chi connectivity index (χ0n) is 13.4. The van der Waals surface area contributed by atoms with Crippen LogP contribution in [0, 0.1) is 11.8 Å². The zero-order chi connectivity index (χ0) is 15.7. The van der Waals surface area contributed by atoms with E-state index in [0.717, 1.165) is 38.2 Å². The van der Waals surface area contributed by atoms with Crippen LogP contribution in [0.15, 0.2) is 29.5 Å². The predicted molar refractivity (Wildman–Crippen MR) is 88.1 cm³/mol. The average molecular weight is 302 g/mol. The van der Waals surface area contributed by atoms with Crippen molar-refractivity contribution in [2.24, 2.45) is 16.8 Å².